The number of nitrogens with one attached hydrogen (secondary N) is 1. The smallest absolute Gasteiger partial charge is 0.253 e. The molecule has 0 aliphatic carbocycles. The fraction of sp³-hybridized carbons (Fsp3) is 0.235. The molecule has 0 aliphatic rings. The number of methoxy groups -OCH3 is 1. The normalized spacial score (nSPS) is 11.8. The number of aliphatic hydroxyl groups excluding tert-OH is 1. The van der Waals surface area contributed by atoms with Crippen LogP contribution in [0.15, 0.2) is 48.5 Å². The molecule has 2 aromatic carbocycles. The van der Waals surface area contributed by atoms with E-state index in [0.717, 1.165) is 16.9 Å². The minimum Gasteiger partial charge on any atom is -0.496 e. The van der Waals surface area contributed by atoms with E-state index in [9.17, 15) is 9.90 Å². The van der Waals surface area contributed by atoms with Crippen LogP contribution in [0.5, 0.6) is 5.75 Å². The van der Waals surface area contributed by atoms with Gasteiger partial charge < -0.3 is 15.2 Å². The Morgan fingerprint density at radius 2 is 1.95 bits per heavy atom. The summed E-state index contributed by atoms with van der Waals surface area (Å²) in [6, 6.07) is 14.6. The van der Waals surface area contributed by atoms with E-state index in [4.69, 9.17) is 4.74 Å². The minimum atomic E-state index is -1.16. The molecule has 2 aromatic rings. The van der Waals surface area contributed by atoms with Crippen molar-refractivity contribution in [1.29, 1.82) is 0 Å². The number of benzene rings is 2. The summed E-state index contributed by atoms with van der Waals surface area (Å²) in [6.07, 6.45) is -1.16. The molecule has 21 heavy (non-hydrogen) atoms. The van der Waals surface area contributed by atoms with Crippen molar-refractivity contribution in [2.75, 3.05) is 7.11 Å². The van der Waals surface area contributed by atoms with Crippen molar-refractivity contribution < 1.29 is 14.6 Å². The van der Waals surface area contributed by atoms with E-state index < -0.39 is 12.0 Å². The van der Waals surface area contributed by atoms with Crippen molar-refractivity contribution >= 4 is 5.91 Å². The maximum absolute atomic E-state index is 12.0. The molecule has 0 spiro atoms. The highest BCUT2D eigenvalue weighted by Gasteiger charge is 2.17. The van der Waals surface area contributed by atoms with Gasteiger partial charge in [-0.25, -0.2) is 0 Å². The Balaban J connectivity index is 2.01. The largest absolute Gasteiger partial charge is 0.496 e. The molecule has 0 saturated carbocycles. The second-order valence-electron chi connectivity index (χ2n) is 4.85. The van der Waals surface area contributed by atoms with E-state index in [1.165, 1.54) is 0 Å². The molecule has 0 bridgehead atoms. The van der Waals surface area contributed by atoms with E-state index in [0.29, 0.717) is 12.1 Å². The minimum absolute atomic E-state index is 0.312. The fourth-order valence-corrected chi connectivity index (χ4v) is 2.06. The summed E-state index contributed by atoms with van der Waals surface area (Å²) >= 11 is 0. The Kier molecular flexibility index (Phi) is 4.95. The molecule has 1 amide bonds. The number of carbonyl (C=O) groups is 1. The molecule has 0 aromatic heterocycles. The first kappa shape index (κ1) is 15.1. The Morgan fingerprint density at radius 1 is 1.24 bits per heavy atom. The second kappa shape index (κ2) is 6.90. The lowest BCUT2D eigenvalue weighted by atomic mass is 10.1. The number of hydrogen-bond donors (Lipinski definition) is 2. The lowest BCUT2D eigenvalue weighted by Gasteiger charge is -2.13. The van der Waals surface area contributed by atoms with Gasteiger partial charge >= 0.3 is 0 Å². The van der Waals surface area contributed by atoms with Crippen molar-refractivity contribution in [1.82, 2.24) is 5.32 Å². The van der Waals surface area contributed by atoms with E-state index >= 15 is 0 Å². The van der Waals surface area contributed by atoms with Crippen LogP contribution in [0.2, 0.25) is 0 Å². The van der Waals surface area contributed by atoms with Crippen LogP contribution in [0.25, 0.3) is 0 Å². The van der Waals surface area contributed by atoms with Crippen molar-refractivity contribution in [2.24, 2.45) is 0 Å². The quantitative estimate of drug-likeness (QED) is 0.886. The third kappa shape index (κ3) is 3.83. The number of ether oxygens (including phenoxy) is 1. The van der Waals surface area contributed by atoms with Gasteiger partial charge in [-0.1, -0.05) is 42.5 Å². The molecule has 1 atom stereocenters. The topological polar surface area (TPSA) is 58.6 Å². The van der Waals surface area contributed by atoms with Gasteiger partial charge in [0.1, 0.15) is 5.75 Å². The first-order valence-electron chi connectivity index (χ1n) is 6.76. The van der Waals surface area contributed by atoms with Crippen LogP contribution in [-0.2, 0) is 11.3 Å². The number of aliphatic hydroxyl groups is 1. The van der Waals surface area contributed by atoms with Gasteiger partial charge in [-0.2, -0.15) is 0 Å². The van der Waals surface area contributed by atoms with Gasteiger partial charge in [0.05, 0.1) is 7.11 Å². The molecule has 1 unspecified atom stereocenters. The van der Waals surface area contributed by atoms with Crippen LogP contribution >= 0.6 is 0 Å². The summed E-state index contributed by atoms with van der Waals surface area (Å²) in [6.45, 7) is 2.29. The van der Waals surface area contributed by atoms with Crippen LogP contribution in [0.4, 0.5) is 0 Å². The maximum atomic E-state index is 12.0. The highest BCUT2D eigenvalue weighted by Crippen LogP contribution is 2.20. The van der Waals surface area contributed by atoms with E-state index in [1.54, 1.807) is 31.4 Å². The van der Waals surface area contributed by atoms with Crippen molar-refractivity contribution in [2.45, 2.75) is 19.6 Å². The van der Waals surface area contributed by atoms with Crippen LogP contribution in [0.1, 0.15) is 22.8 Å². The third-order valence-corrected chi connectivity index (χ3v) is 3.26. The van der Waals surface area contributed by atoms with Crippen molar-refractivity contribution in [3.63, 3.8) is 0 Å². The number of rotatable bonds is 5. The van der Waals surface area contributed by atoms with Gasteiger partial charge in [0.25, 0.3) is 5.91 Å². The fourth-order valence-electron chi connectivity index (χ4n) is 2.06. The molecule has 0 fully saturated rings. The number of hydrogen-bond acceptors (Lipinski definition) is 3. The van der Waals surface area contributed by atoms with E-state index in [2.05, 4.69) is 5.32 Å². The molecule has 0 aliphatic heterocycles. The molecule has 4 nitrogen and oxygen atoms in total. The summed E-state index contributed by atoms with van der Waals surface area (Å²) < 4.78 is 5.29. The highest BCUT2D eigenvalue weighted by molar-refractivity contribution is 5.81. The van der Waals surface area contributed by atoms with Crippen LogP contribution < -0.4 is 10.1 Å². The van der Waals surface area contributed by atoms with Crippen LogP contribution in [0.3, 0.4) is 0 Å². The second-order valence-corrected chi connectivity index (χ2v) is 4.85. The molecule has 0 radical (unpaired) electrons. The zero-order valence-electron chi connectivity index (χ0n) is 12.2. The zero-order valence-corrected chi connectivity index (χ0v) is 12.2. The van der Waals surface area contributed by atoms with Crippen LogP contribution in [-0.4, -0.2) is 18.1 Å². The summed E-state index contributed by atoms with van der Waals surface area (Å²) in [5.74, 6) is 0.299. The number of aryl methyl sites for hydroxylation is 1. The molecule has 0 saturated heterocycles. The lowest BCUT2D eigenvalue weighted by Crippen LogP contribution is -2.29. The monoisotopic (exact) mass is 285 g/mol. The van der Waals surface area contributed by atoms with E-state index in [1.807, 2.05) is 31.2 Å². The average molecular weight is 285 g/mol. The SMILES string of the molecule is COc1cc(C)ccc1CNC(=O)C(O)c1ccccc1. The van der Waals surface area contributed by atoms with Crippen molar-refractivity contribution in [3.05, 3.63) is 65.2 Å². The molecular weight excluding hydrogens is 266 g/mol. The predicted molar refractivity (Wildman–Crippen MR) is 81.0 cm³/mol. The summed E-state index contributed by atoms with van der Waals surface area (Å²) in [7, 11) is 1.60. The Morgan fingerprint density at radius 3 is 2.62 bits per heavy atom. The molecule has 2 rings (SSSR count). The highest BCUT2D eigenvalue weighted by atomic mass is 16.5. The zero-order chi connectivity index (χ0) is 15.2. The molecule has 0 heterocycles. The summed E-state index contributed by atoms with van der Waals surface area (Å²) in [4.78, 5) is 12.0. The molecular formula is C17H19NO3. The predicted octanol–water partition coefficient (Wildman–Crippen LogP) is 2.35. The van der Waals surface area contributed by atoms with Crippen molar-refractivity contribution in [3.8, 4) is 5.75 Å². The van der Waals surface area contributed by atoms with E-state index in [-0.39, 0.29) is 0 Å². The van der Waals surface area contributed by atoms with Gasteiger partial charge in [-0.15, -0.1) is 0 Å². The Bertz CT molecular complexity index is 611. The Hall–Kier alpha value is -2.33. The van der Waals surface area contributed by atoms with Gasteiger partial charge in [-0.3, -0.25) is 4.79 Å². The first-order chi connectivity index (χ1) is 10.1. The molecule has 4 heteroatoms. The standard InChI is InChI=1S/C17H19NO3/c1-12-8-9-14(15(10-12)21-2)11-18-17(20)16(19)13-6-4-3-5-7-13/h3-10,16,19H,11H2,1-2H3,(H,18,20). The maximum Gasteiger partial charge on any atom is 0.253 e. The molecule has 2 N–H and O–H groups in total. The third-order valence-electron chi connectivity index (χ3n) is 3.26. The number of amides is 1. The number of carbonyl (C=O) groups excluding carboxylic acids is 1. The summed E-state index contributed by atoms with van der Waals surface area (Å²) in [5.41, 5.74) is 2.54. The average Bonchev–Trinajstić information content (AvgIpc) is 2.53. The molecule has 110 valence electrons. The first-order valence-corrected chi connectivity index (χ1v) is 6.76. The Labute approximate surface area is 124 Å². The van der Waals surface area contributed by atoms with Crippen LogP contribution in [0, 0.1) is 6.92 Å². The summed E-state index contributed by atoms with van der Waals surface area (Å²) in [5, 5.41) is 12.7. The van der Waals surface area contributed by atoms with Gasteiger partial charge in [0.2, 0.25) is 0 Å². The lowest BCUT2D eigenvalue weighted by molar-refractivity contribution is -0.129. The van der Waals surface area contributed by atoms with Gasteiger partial charge in [0, 0.05) is 12.1 Å². The van der Waals surface area contributed by atoms with Gasteiger partial charge in [-0.05, 0) is 24.1 Å². The van der Waals surface area contributed by atoms with Gasteiger partial charge in [0.15, 0.2) is 6.10 Å².